The Balaban J connectivity index is 1.46. The highest BCUT2D eigenvalue weighted by Crippen LogP contribution is 2.24. The maximum absolute atomic E-state index is 13.3. The Labute approximate surface area is 140 Å². The van der Waals surface area contributed by atoms with E-state index in [1.807, 2.05) is 36.8 Å². The summed E-state index contributed by atoms with van der Waals surface area (Å²) in [5, 5.41) is 1.07. The fourth-order valence-corrected chi connectivity index (χ4v) is 3.26. The van der Waals surface area contributed by atoms with E-state index in [4.69, 9.17) is 0 Å². The number of pyridine rings is 2. The number of fused-ring (bicyclic) bond motifs is 1. The first-order chi connectivity index (χ1) is 11.8. The summed E-state index contributed by atoms with van der Waals surface area (Å²) in [4.78, 5) is 13.6. The van der Waals surface area contributed by atoms with Crippen molar-refractivity contribution < 1.29 is 4.39 Å². The van der Waals surface area contributed by atoms with Gasteiger partial charge in [0, 0.05) is 50.5 Å². The van der Waals surface area contributed by atoms with E-state index in [9.17, 15) is 4.39 Å². The third kappa shape index (κ3) is 3.08. The van der Waals surface area contributed by atoms with Gasteiger partial charge in [-0.1, -0.05) is 12.1 Å². The van der Waals surface area contributed by atoms with Crippen LogP contribution in [0.1, 0.15) is 5.56 Å². The summed E-state index contributed by atoms with van der Waals surface area (Å²) in [6, 6.07) is 10.8. The molecule has 0 spiro atoms. The number of piperazine rings is 1. The maximum atomic E-state index is 13.3. The minimum Gasteiger partial charge on any atom is -0.366 e. The topological polar surface area (TPSA) is 32.3 Å². The van der Waals surface area contributed by atoms with E-state index in [1.54, 1.807) is 12.1 Å². The van der Waals surface area contributed by atoms with Gasteiger partial charge in [-0.15, -0.1) is 0 Å². The van der Waals surface area contributed by atoms with Gasteiger partial charge >= 0.3 is 0 Å². The van der Waals surface area contributed by atoms with Crippen molar-refractivity contribution in [2.45, 2.75) is 6.54 Å². The predicted octanol–water partition coefficient (Wildman–Crippen LogP) is 3.09. The molecule has 1 aliphatic rings. The molecular weight excluding hydrogens is 303 g/mol. The Morgan fingerprint density at radius 1 is 1.00 bits per heavy atom. The monoisotopic (exact) mass is 322 g/mol. The van der Waals surface area contributed by atoms with Gasteiger partial charge in [0.2, 0.25) is 0 Å². The summed E-state index contributed by atoms with van der Waals surface area (Å²) in [5.74, 6) is -0.168. The van der Waals surface area contributed by atoms with E-state index in [2.05, 4.69) is 19.8 Å². The first-order valence-corrected chi connectivity index (χ1v) is 8.20. The third-order valence-electron chi connectivity index (χ3n) is 4.50. The van der Waals surface area contributed by atoms with Gasteiger partial charge in [0.1, 0.15) is 5.82 Å². The Hall–Kier alpha value is -2.53. The van der Waals surface area contributed by atoms with E-state index in [0.29, 0.717) is 0 Å². The van der Waals surface area contributed by atoms with Crippen LogP contribution in [0.15, 0.2) is 55.0 Å². The number of benzene rings is 1. The van der Waals surface area contributed by atoms with Gasteiger partial charge in [-0.05, 0) is 29.8 Å². The number of hydrogen-bond acceptors (Lipinski definition) is 4. The molecule has 1 aliphatic heterocycles. The molecule has 1 aromatic carbocycles. The van der Waals surface area contributed by atoms with Gasteiger partial charge in [-0.2, -0.15) is 0 Å². The van der Waals surface area contributed by atoms with E-state index < -0.39 is 0 Å². The summed E-state index contributed by atoms with van der Waals surface area (Å²) in [5.41, 5.74) is 3.13. The predicted molar refractivity (Wildman–Crippen MR) is 93.4 cm³/mol. The van der Waals surface area contributed by atoms with E-state index in [-0.39, 0.29) is 5.82 Å². The first kappa shape index (κ1) is 15.0. The van der Waals surface area contributed by atoms with Crippen molar-refractivity contribution in [2.24, 2.45) is 0 Å². The molecule has 3 aromatic rings. The highest BCUT2D eigenvalue weighted by molar-refractivity contribution is 5.89. The van der Waals surface area contributed by atoms with Crippen LogP contribution in [-0.2, 0) is 6.54 Å². The number of anilines is 1. The van der Waals surface area contributed by atoms with Gasteiger partial charge in [0.05, 0.1) is 17.4 Å². The Morgan fingerprint density at radius 3 is 2.71 bits per heavy atom. The minimum absolute atomic E-state index is 0.168. The molecule has 0 saturated carbocycles. The largest absolute Gasteiger partial charge is 0.366 e. The average Bonchev–Trinajstić information content (AvgIpc) is 2.62. The van der Waals surface area contributed by atoms with Gasteiger partial charge in [0.25, 0.3) is 0 Å². The van der Waals surface area contributed by atoms with Gasteiger partial charge in [-0.25, -0.2) is 4.39 Å². The third-order valence-corrected chi connectivity index (χ3v) is 4.50. The summed E-state index contributed by atoms with van der Waals surface area (Å²) in [6.45, 7) is 4.52. The zero-order chi connectivity index (χ0) is 16.4. The molecular formula is C19H19FN4. The van der Waals surface area contributed by atoms with Crippen LogP contribution >= 0.6 is 0 Å². The molecule has 3 heterocycles. The molecule has 0 N–H and O–H groups in total. The van der Waals surface area contributed by atoms with Crippen molar-refractivity contribution in [3.8, 4) is 0 Å². The second kappa shape index (κ2) is 6.53. The lowest BCUT2D eigenvalue weighted by molar-refractivity contribution is 0.249. The number of aromatic nitrogens is 2. The number of rotatable bonds is 3. The van der Waals surface area contributed by atoms with Crippen molar-refractivity contribution in [1.82, 2.24) is 14.9 Å². The Morgan fingerprint density at radius 2 is 1.88 bits per heavy atom. The minimum atomic E-state index is -0.168. The highest BCUT2D eigenvalue weighted by Gasteiger charge is 2.19. The molecule has 0 bridgehead atoms. The zero-order valence-electron chi connectivity index (χ0n) is 13.4. The van der Waals surface area contributed by atoms with Crippen molar-refractivity contribution in [1.29, 1.82) is 0 Å². The summed E-state index contributed by atoms with van der Waals surface area (Å²) in [6.07, 6.45) is 5.58. The lowest BCUT2D eigenvalue weighted by Gasteiger charge is -2.36. The zero-order valence-corrected chi connectivity index (χ0v) is 13.4. The van der Waals surface area contributed by atoms with Crippen LogP contribution in [0.25, 0.3) is 10.9 Å². The highest BCUT2D eigenvalue weighted by atomic mass is 19.1. The van der Waals surface area contributed by atoms with Crippen molar-refractivity contribution in [2.75, 3.05) is 31.1 Å². The molecule has 122 valence electrons. The quantitative estimate of drug-likeness (QED) is 0.742. The molecule has 4 nitrogen and oxygen atoms in total. The molecule has 5 heteroatoms. The van der Waals surface area contributed by atoms with E-state index >= 15 is 0 Å². The molecule has 24 heavy (non-hydrogen) atoms. The first-order valence-electron chi connectivity index (χ1n) is 8.20. The number of halogens is 1. The van der Waals surface area contributed by atoms with Crippen molar-refractivity contribution in [3.05, 3.63) is 66.4 Å². The standard InChI is InChI=1S/C19H19FN4/c20-17-5-1-3-15(11-17)14-23-7-9-24(10-8-23)18-13-21-12-16-4-2-6-22-19(16)18/h1-6,11-13H,7-10,14H2. The van der Waals surface area contributed by atoms with Gasteiger partial charge < -0.3 is 4.90 Å². The number of hydrogen-bond donors (Lipinski definition) is 0. The lowest BCUT2D eigenvalue weighted by Crippen LogP contribution is -2.46. The molecule has 0 atom stereocenters. The van der Waals surface area contributed by atoms with Crippen LogP contribution in [0.3, 0.4) is 0 Å². The molecule has 2 aromatic heterocycles. The van der Waals surface area contributed by atoms with Crippen LogP contribution in [-0.4, -0.2) is 41.0 Å². The second-order valence-electron chi connectivity index (χ2n) is 6.13. The van der Waals surface area contributed by atoms with Crippen LogP contribution in [0.4, 0.5) is 10.1 Å². The second-order valence-corrected chi connectivity index (χ2v) is 6.13. The molecule has 0 amide bonds. The molecule has 0 unspecified atom stereocenters. The Kier molecular flexibility index (Phi) is 4.09. The Bertz CT molecular complexity index is 838. The van der Waals surface area contributed by atoms with E-state index in [1.165, 1.54) is 6.07 Å². The fourth-order valence-electron chi connectivity index (χ4n) is 3.26. The SMILES string of the molecule is Fc1cccc(CN2CCN(c3cncc4cccnc34)CC2)c1. The van der Waals surface area contributed by atoms with Crippen molar-refractivity contribution in [3.63, 3.8) is 0 Å². The average molecular weight is 322 g/mol. The summed E-state index contributed by atoms with van der Waals surface area (Å²) >= 11 is 0. The molecule has 4 rings (SSSR count). The van der Waals surface area contributed by atoms with Crippen molar-refractivity contribution >= 4 is 16.6 Å². The van der Waals surface area contributed by atoms with Crippen LogP contribution < -0.4 is 4.90 Å². The summed E-state index contributed by atoms with van der Waals surface area (Å²) < 4.78 is 13.3. The number of nitrogens with zero attached hydrogens (tertiary/aromatic N) is 4. The molecule has 1 saturated heterocycles. The van der Waals surface area contributed by atoms with Gasteiger partial charge in [0.15, 0.2) is 0 Å². The lowest BCUT2D eigenvalue weighted by atomic mass is 10.1. The fraction of sp³-hybridized carbons (Fsp3) is 0.263. The maximum Gasteiger partial charge on any atom is 0.123 e. The normalized spacial score (nSPS) is 15.8. The molecule has 1 fully saturated rings. The van der Waals surface area contributed by atoms with E-state index in [0.717, 1.165) is 54.9 Å². The van der Waals surface area contributed by atoms with Crippen LogP contribution in [0, 0.1) is 5.82 Å². The molecule has 0 aliphatic carbocycles. The molecule has 0 radical (unpaired) electrons. The van der Waals surface area contributed by atoms with Crippen LogP contribution in [0.2, 0.25) is 0 Å². The van der Waals surface area contributed by atoms with Crippen LogP contribution in [0.5, 0.6) is 0 Å². The van der Waals surface area contributed by atoms with Gasteiger partial charge in [-0.3, -0.25) is 14.9 Å². The smallest absolute Gasteiger partial charge is 0.123 e. The summed E-state index contributed by atoms with van der Waals surface area (Å²) in [7, 11) is 0.